The Bertz CT molecular complexity index is 4390. The van der Waals surface area contributed by atoms with Crippen LogP contribution >= 0.6 is 0 Å². The Kier molecular flexibility index (Phi) is 9.61. The third-order valence-electron chi connectivity index (χ3n) is 18.6. The molecular weight excluding hydrogens is 909 g/mol. The van der Waals surface area contributed by atoms with E-state index in [-0.39, 0.29) is 5.92 Å². The van der Waals surface area contributed by atoms with Crippen LogP contribution in [0.3, 0.4) is 0 Å². The van der Waals surface area contributed by atoms with E-state index in [2.05, 4.69) is 215 Å². The molecule has 2 fully saturated rings. The summed E-state index contributed by atoms with van der Waals surface area (Å²) in [5.74, 6) is 1.04. The summed E-state index contributed by atoms with van der Waals surface area (Å²) in [4.78, 5) is 0. The summed E-state index contributed by atoms with van der Waals surface area (Å²) >= 11 is 0. The zero-order valence-corrected chi connectivity index (χ0v) is 43.8. The molecule has 1 aliphatic heterocycles. The van der Waals surface area contributed by atoms with Crippen LogP contribution in [0.4, 0.5) is 0 Å². The molecule has 1 heterocycles. The van der Waals surface area contributed by atoms with Gasteiger partial charge < -0.3 is 4.74 Å². The molecule has 0 N–H and O–H groups in total. The van der Waals surface area contributed by atoms with Crippen molar-refractivity contribution in [3.05, 3.63) is 280 Å². The molecule has 0 aromatic heterocycles. The lowest BCUT2D eigenvalue weighted by Gasteiger charge is -2.39. The van der Waals surface area contributed by atoms with Crippen LogP contribution < -0.4 is 20.3 Å². The highest BCUT2D eigenvalue weighted by Crippen LogP contribution is 2.55. The maximum absolute atomic E-state index is 10.1. The normalized spacial score (nSPS) is 21.6. The first-order chi connectivity index (χ1) is 37.0. The summed E-state index contributed by atoms with van der Waals surface area (Å²) in [5, 5.41) is 14.0. The Hall–Kier alpha value is -7.26. The summed E-state index contributed by atoms with van der Waals surface area (Å²) in [6, 6.07) is 71.1. The molecule has 2 saturated carbocycles. The molecule has 1 nitrogen and oxygen atoms in total. The Morgan fingerprint density at radius 3 is 1.77 bits per heavy atom. The highest BCUT2D eigenvalue weighted by atomic mass is 28.3. The molecule has 2 heteroatoms. The highest BCUT2D eigenvalue weighted by molar-refractivity contribution is 7.11. The van der Waals surface area contributed by atoms with Gasteiger partial charge in [-0.05, 0) is 158 Å². The second-order valence-electron chi connectivity index (χ2n) is 22.9. The molecule has 6 aliphatic rings. The lowest BCUT2D eigenvalue weighted by Crippen LogP contribution is -2.65. The number of ether oxygens (including phenoxy) is 1. The van der Waals surface area contributed by atoms with E-state index in [4.69, 9.17) is 4.74 Å². The van der Waals surface area contributed by atoms with Crippen molar-refractivity contribution in [2.45, 2.75) is 101 Å². The van der Waals surface area contributed by atoms with Gasteiger partial charge >= 0.3 is 0 Å². The summed E-state index contributed by atoms with van der Waals surface area (Å²) in [5.41, 5.74) is 13.7. The summed E-state index contributed by atoms with van der Waals surface area (Å²) in [6.07, 6.45) is 11.6. The van der Waals surface area contributed by atoms with Crippen molar-refractivity contribution in [2.75, 3.05) is 0 Å². The van der Waals surface area contributed by atoms with Crippen LogP contribution in [0.1, 0.15) is 130 Å². The number of hydrogen-bond acceptors (Lipinski definition) is 1. The van der Waals surface area contributed by atoms with E-state index in [1.54, 1.807) is 0 Å². The first-order valence-corrected chi connectivity index (χ1v) is 30.0. The van der Waals surface area contributed by atoms with Gasteiger partial charge in [-0.2, -0.15) is 0 Å². The Morgan fingerprint density at radius 2 is 1.09 bits per heavy atom. The van der Waals surface area contributed by atoms with Crippen molar-refractivity contribution < 1.29 is 7.48 Å². The molecule has 0 amide bonds. The van der Waals surface area contributed by atoms with Crippen molar-refractivity contribution in [2.24, 2.45) is 0 Å². The number of hydrogen-bond donors (Lipinski definition) is 0. The van der Waals surface area contributed by atoms with Gasteiger partial charge in [0.15, 0.2) is 0 Å². The summed E-state index contributed by atoms with van der Waals surface area (Å²) in [7, 11) is -2.83. The van der Waals surface area contributed by atoms with Gasteiger partial charge in [0.05, 0.1) is 0 Å². The maximum atomic E-state index is 10.1. The third kappa shape index (κ3) is 6.59. The first-order valence-electron chi connectivity index (χ1n) is 28.5. The van der Waals surface area contributed by atoms with Crippen LogP contribution in [0.5, 0.6) is 11.5 Å². The monoisotopic (exact) mass is 972 g/mol. The molecule has 2 unspecified atom stereocenters. The molecule has 2 atom stereocenters. The molecule has 15 rings (SSSR count). The van der Waals surface area contributed by atoms with Gasteiger partial charge in [0, 0.05) is 25.2 Å². The van der Waals surface area contributed by atoms with E-state index in [1.807, 2.05) is 0 Å². The minimum absolute atomic E-state index is 0.222. The maximum Gasteiger partial charge on any atom is 0.150 e. The Labute approximate surface area is 438 Å². The van der Waals surface area contributed by atoms with E-state index in [0.29, 0.717) is 0 Å². The topological polar surface area (TPSA) is 9.23 Å². The molecular formula is C72H62OSi. The van der Waals surface area contributed by atoms with Gasteiger partial charge in [-0.3, -0.25) is 0 Å². The number of fused-ring (bicyclic) bond motifs is 11. The van der Waals surface area contributed by atoms with Crippen LogP contribution in [0, 0.1) is 41.7 Å². The minimum atomic E-state index is -2.83. The van der Waals surface area contributed by atoms with Crippen molar-refractivity contribution in [3.8, 4) is 22.6 Å². The molecule has 0 bridgehead atoms. The van der Waals surface area contributed by atoms with Gasteiger partial charge in [0.25, 0.3) is 0 Å². The smallest absolute Gasteiger partial charge is 0.150 e. The lowest BCUT2D eigenvalue weighted by atomic mass is 9.74. The SMILES string of the molecule is [2H]C1(c2ccc3c(c2)CC2=Cc4c(ccc(C5([2H])CCCC5)c4-c4ccc5c(c4)C(C)(C)c4cccc([Si](C)(c6ccccc6)c6ccc7/c(c6)=c6/cccc/c6=c6\cccc\c6=c6/cccc/c6=7)c4O5)C23)CCCC1. The van der Waals surface area contributed by atoms with Crippen molar-refractivity contribution in [3.63, 3.8) is 0 Å². The minimum Gasteiger partial charge on any atom is -0.457 e. The molecule has 0 saturated heterocycles. The average molecular weight is 973 g/mol. The first kappa shape index (κ1) is 42.1. The molecule has 74 heavy (non-hydrogen) atoms. The quantitative estimate of drug-likeness (QED) is 0.119. The lowest BCUT2D eigenvalue weighted by molar-refractivity contribution is 0.421. The Balaban J connectivity index is 0.891. The Morgan fingerprint density at radius 1 is 0.500 bits per heavy atom. The van der Waals surface area contributed by atoms with Gasteiger partial charge in [-0.25, -0.2) is 0 Å². The zero-order chi connectivity index (χ0) is 51.1. The average Bonchev–Trinajstić information content (AvgIpc) is 4.27. The zero-order valence-electron chi connectivity index (χ0n) is 44.8. The number of allylic oxidation sites excluding steroid dienone is 1. The van der Waals surface area contributed by atoms with Crippen molar-refractivity contribution in [1.82, 2.24) is 0 Å². The van der Waals surface area contributed by atoms with Crippen molar-refractivity contribution in [1.29, 1.82) is 0 Å². The second kappa shape index (κ2) is 16.9. The predicted molar refractivity (Wildman–Crippen MR) is 306 cm³/mol. The van der Waals surface area contributed by atoms with Crippen LogP contribution in [-0.4, -0.2) is 8.07 Å². The number of para-hydroxylation sites is 1. The standard InChI is InChI=1S/C72H62OSi/c1-72(2)65-30-17-31-68(74(3,51-22-5-4-6-23-51)52-34-36-61-59-28-14-13-26-57(59)55-24-11-12-25-56(55)58-27-15-16-29-60(58)63(61)44-52)71(65)73-67-39-33-48(43-66(67)72)69-53(46-20-9-10-21-46)37-38-62-64(69)42-50-41-49-40-47(45-18-7-8-19-45)32-35-54(49)70(50)62/h4-6,11-17,22-40,42-46,70H,7-10,18-21,41H2,1-3H3/b57-55-,58-56-,61-59-,63-60-/i45D,46D. The highest BCUT2D eigenvalue weighted by Gasteiger charge is 2.43. The van der Waals surface area contributed by atoms with Crippen LogP contribution in [0.15, 0.2) is 194 Å². The second-order valence-corrected chi connectivity index (χ2v) is 26.8. The molecule has 5 aliphatic carbocycles. The fourth-order valence-corrected chi connectivity index (χ4v) is 18.5. The fraction of sp³-hybridized carbons (Fsp3) is 0.222. The predicted octanol–water partition coefficient (Wildman–Crippen LogP) is 15.7. The molecule has 360 valence electrons. The van der Waals surface area contributed by atoms with E-state index >= 15 is 0 Å². The molecule has 9 aromatic carbocycles. The largest absolute Gasteiger partial charge is 0.457 e. The van der Waals surface area contributed by atoms with E-state index in [0.717, 1.165) is 69.3 Å². The molecule has 0 radical (unpaired) electrons. The van der Waals surface area contributed by atoms with E-state index < -0.39 is 25.3 Å². The summed E-state index contributed by atoms with van der Waals surface area (Å²) < 4.78 is 26.9. The van der Waals surface area contributed by atoms with Crippen LogP contribution in [0.2, 0.25) is 6.55 Å². The van der Waals surface area contributed by atoms with Gasteiger partial charge in [0.1, 0.15) is 19.6 Å². The fourth-order valence-electron chi connectivity index (χ4n) is 14.8. The number of benzene rings is 9. The summed E-state index contributed by atoms with van der Waals surface area (Å²) in [6.45, 7) is 7.32. The molecule has 0 spiro atoms. The van der Waals surface area contributed by atoms with Crippen molar-refractivity contribution >= 4 is 29.7 Å². The van der Waals surface area contributed by atoms with Gasteiger partial charge in [-0.15, -0.1) is 0 Å². The number of rotatable bonds is 6. The molecule has 9 aromatic rings. The van der Waals surface area contributed by atoms with Gasteiger partial charge in [-0.1, -0.05) is 234 Å². The van der Waals surface area contributed by atoms with E-state index in [9.17, 15) is 2.74 Å². The van der Waals surface area contributed by atoms with Gasteiger partial charge in [0.2, 0.25) is 0 Å². The van der Waals surface area contributed by atoms with Crippen LogP contribution in [0.25, 0.3) is 17.2 Å². The van der Waals surface area contributed by atoms with E-state index in [1.165, 1.54) is 119 Å². The van der Waals surface area contributed by atoms with Crippen LogP contribution in [-0.2, 0) is 11.8 Å². The third-order valence-corrected chi connectivity index (χ3v) is 23.0.